The van der Waals surface area contributed by atoms with Gasteiger partial charge in [0.1, 0.15) is 5.60 Å². The van der Waals surface area contributed by atoms with Crippen molar-refractivity contribution in [2.24, 2.45) is 0 Å². The number of nitrogens with zero attached hydrogens (tertiary/aromatic N) is 1. The number of ketones is 1. The van der Waals surface area contributed by atoms with Crippen molar-refractivity contribution in [3.05, 3.63) is 12.3 Å². The van der Waals surface area contributed by atoms with Crippen LogP contribution in [0.4, 0.5) is 4.79 Å². The third kappa shape index (κ3) is 6.28. The molecule has 1 atom stereocenters. The zero-order valence-corrected chi connectivity index (χ0v) is 13.8. The smallest absolute Gasteiger partial charge is 0.414 e. The summed E-state index contributed by atoms with van der Waals surface area (Å²) in [6.45, 7) is 7.48. The summed E-state index contributed by atoms with van der Waals surface area (Å²) >= 11 is 0. The quantitative estimate of drug-likeness (QED) is 0.730. The average molecular weight is 311 g/mol. The molecule has 0 spiro atoms. The zero-order chi connectivity index (χ0) is 16.8. The molecule has 0 aromatic carbocycles. The summed E-state index contributed by atoms with van der Waals surface area (Å²) in [5, 5.41) is 0. The Labute approximate surface area is 131 Å². The second-order valence-electron chi connectivity index (χ2n) is 6.22. The minimum Gasteiger partial charge on any atom is -0.466 e. The highest BCUT2D eigenvalue weighted by Gasteiger charge is 2.30. The van der Waals surface area contributed by atoms with E-state index >= 15 is 0 Å². The van der Waals surface area contributed by atoms with E-state index < -0.39 is 11.7 Å². The highest BCUT2D eigenvalue weighted by atomic mass is 16.6. The van der Waals surface area contributed by atoms with Gasteiger partial charge in [0.05, 0.1) is 6.61 Å². The molecule has 0 N–H and O–H groups in total. The molecule has 0 bridgehead atoms. The predicted octanol–water partition coefficient (Wildman–Crippen LogP) is 2.81. The van der Waals surface area contributed by atoms with Crippen LogP contribution in [0.1, 0.15) is 53.4 Å². The minimum absolute atomic E-state index is 0.0269. The van der Waals surface area contributed by atoms with Gasteiger partial charge in [-0.05, 0) is 46.6 Å². The van der Waals surface area contributed by atoms with E-state index in [1.54, 1.807) is 27.7 Å². The van der Waals surface area contributed by atoms with Crippen LogP contribution in [0, 0.1) is 0 Å². The van der Waals surface area contributed by atoms with Gasteiger partial charge in [-0.3, -0.25) is 14.5 Å². The number of hydrogen-bond donors (Lipinski definition) is 0. The van der Waals surface area contributed by atoms with Crippen LogP contribution in [0.15, 0.2) is 12.3 Å². The number of esters is 1. The van der Waals surface area contributed by atoms with E-state index in [1.807, 2.05) is 0 Å². The Balaban J connectivity index is 2.60. The molecule has 6 heteroatoms. The summed E-state index contributed by atoms with van der Waals surface area (Å²) in [6.07, 6.45) is 4.01. The molecule has 0 fully saturated rings. The molecule has 0 aromatic heterocycles. The third-order valence-electron chi connectivity index (χ3n) is 3.08. The van der Waals surface area contributed by atoms with Crippen molar-refractivity contribution in [3.8, 4) is 0 Å². The van der Waals surface area contributed by atoms with E-state index in [0.29, 0.717) is 19.4 Å². The second kappa shape index (κ2) is 7.96. The lowest BCUT2D eigenvalue weighted by atomic mass is 10.00. The molecule has 1 amide bonds. The Morgan fingerprint density at radius 1 is 1.36 bits per heavy atom. The summed E-state index contributed by atoms with van der Waals surface area (Å²) in [6, 6.07) is -0.276. The van der Waals surface area contributed by atoms with Crippen molar-refractivity contribution < 1.29 is 23.9 Å². The van der Waals surface area contributed by atoms with Gasteiger partial charge in [-0.2, -0.15) is 0 Å². The van der Waals surface area contributed by atoms with Gasteiger partial charge in [-0.25, -0.2) is 4.79 Å². The molecule has 0 saturated heterocycles. The summed E-state index contributed by atoms with van der Waals surface area (Å²) in [5.41, 5.74) is -0.595. The van der Waals surface area contributed by atoms with Crippen LogP contribution in [-0.4, -0.2) is 41.0 Å². The molecule has 1 rings (SSSR count). The largest absolute Gasteiger partial charge is 0.466 e. The first-order valence-electron chi connectivity index (χ1n) is 7.61. The number of ether oxygens (including phenoxy) is 2. The topological polar surface area (TPSA) is 72.9 Å². The Morgan fingerprint density at radius 3 is 2.64 bits per heavy atom. The van der Waals surface area contributed by atoms with Crippen LogP contribution < -0.4 is 0 Å². The van der Waals surface area contributed by atoms with Crippen LogP contribution in [0.3, 0.4) is 0 Å². The second-order valence-corrected chi connectivity index (χ2v) is 6.22. The molecule has 0 saturated carbocycles. The Morgan fingerprint density at radius 2 is 2.05 bits per heavy atom. The van der Waals surface area contributed by atoms with Crippen molar-refractivity contribution in [2.45, 2.75) is 65.0 Å². The van der Waals surface area contributed by atoms with Crippen LogP contribution in [-0.2, 0) is 19.1 Å². The molecule has 124 valence electrons. The van der Waals surface area contributed by atoms with Gasteiger partial charge in [-0.1, -0.05) is 0 Å². The summed E-state index contributed by atoms with van der Waals surface area (Å²) in [7, 11) is 0. The molecular weight excluding hydrogens is 286 g/mol. The number of hydrogen-bond acceptors (Lipinski definition) is 5. The van der Waals surface area contributed by atoms with Gasteiger partial charge in [0.15, 0.2) is 5.78 Å². The first kappa shape index (κ1) is 18.2. The fourth-order valence-electron chi connectivity index (χ4n) is 2.16. The van der Waals surface area contributed by atoms with Crippen LogP contribution in [0.5, 0.6) is 0 Å². The third-order valence-corrected chi connectivity index (χ3v) is 3.08. The van der Waals surface area contributed by atoms with E-state index in [4.69, 9.17) is 9.47 Å². The lowest BCUT2D eigenvalue weighted by Crippen LogP contribution is -2.43. The number of carbonyl (C=O) groups is 3. The molecule has 0 aliphatic carbocycles. The van der Waals surface area contributed by atoms with Gasteiger partial charge in [-0.15, -0.1) is 0 Å². The normalized spacial score (nSPS) is 18.3. The van der Waals surface area contributed by atoms with Gasteiger partial charge < -0.3 is 9.47 Å². The minimum atomic E-state index is -0.595. The van der Waals surface area contributed by atoms with Gasteiger partial charge in [0, 0.05) is 25.1 Å². The Hall–Kier alpha value is -1.85. The van der Waals surface area contributed by atoms with Crippen molar-refractivity contribution in [1.82, 2.24) is 4.90 Å². The summed E-state index contributed by atoms with van der Waals surface area (Å²) in [4.78, 5) is 36.5. The maximum Gasteiger partial charge on any atom is 0.414 e. The van der Waals surface area contributed by atoms with Crippen LogP contribution in [0.2, 0.25) is 0 Å². The molecular formula is C16H25NO5. The van der Waals surface area contributed by atoms with Gasteiger partial charge in [0.25, 0.3) is 0 Å². The van der Waals surface area contributed by atoms with E-state index in [9.17, 15) is 14.4 Å². The monoisotopic (exact) mass is 311 g/mol. The highest BCUT2D eigenvalue weighted by molar-refractivity contribution is 5.92. The zero-order valence-electron chi connectivity index (χ0n) is 13.8. The molecule has 6 nitrogen and oxygen atoms in total. The molecule has 1 aliphatic rings. The molecule has 1 aliphatic heterocycles. The maximum absolute atomic E-state index is 12.2. The number of carbonyl (C=O) groups excluding carboxylic acids is 3. The number of rotatable bonds is 5. The average Bonchev–Trinajstić information content (AvgIpc) is 2.37. The van der Waals surface area contributed by atoms with E-state index in [0.717, 1.165) is 0 Å². The molecule has 22 heavy (non-hydrogen) atoms. The lowest BCUT2D eigenvalue weighted by molar-refractivity contribution is -0.143. The summed E-state index contributed by atoms with van der Waals surface area (Å²) < 4.78 is 10.2. The van der Waals surface area contributed by atoms with Gasteiger partial charge >= 0.3 is 12.1 Å². The van der Waals surface area contributed by atoms with Crippen LogP contribution >= 0.6 is 0 Å². The SMILES string of the molecule is CCOC(=O)CCCC1CC(=O)C=CN1C(=O)OC(C)(C)C. The number of amides is 1. The lowest BCUT2D eigenvalue weighted by Gasteiger charge is -2.32. The molecule has 1 unspecified atom stereocenters. The predicted molar refractivity (Wildman–Crippen MR) is 81.1 cm³/mol. The van der Waals surface area contributed by atoms with E-state index in [2.05, 4.69) is 0 Å². The van der Waals surface area contributed by atoms with Crippen molar-refractivity contribution in [2.75, 3.05) is 6.61 Å². The molecule has 0 aromatic rings. The first-order chi connectivity index (χ1) is 10.2. The Kier molecular flexibility index (Phi) is 6.59. The summed E-state index contributed by atoms with van der Waals surface area (Å²) in [5.74, 6) is -0.287. The van der Waals surface area contributed by atoms with E-state index in [1.165, 1.54) is 17.2 Å². The van der Waals surface area contributed by atoms with E-state index in [-0.39, 0.29) is 30.6 Å². The first-order valence-corrected chi connectivity index (χ1v) is 7.61. The standard InChI is InChI=1S/C16H25NO5/c1-5-21-14(19)8-6-7-12-11-13(18)9-10-17(12)15(20)22-16(2,3)4/h9-10,12H,5-8,11H2,1-4H3. The van der Waals surface area contributed by atoms with Crippen LogP contribution in [0.25, 0.3) is 0 Å². The molecule has 1 heterocycles. The molecule has 0 radical (unpaired) electrons. The van der Waals surface area contributed by atoms with Crippen molar-refractivity contribution in [3.63, 3.8) is 0 Å². The van der Waals surface area contributed by atoms with Crippen molar-refractivity contribution >= 4 is 17.8 Å². The van der Waals surface area contributed by atoms with Crippen molar-refractivity contribution in [1.29, 1.82) is 0 Å². The Bertz CT molecular complexity index is 450. The highest BCUT2D eigenvalue weighted by Crippen LogP contribution is 2.21. The van der Waals surface area contributed by atoms with Gasteiger partial charge in [0.2, 0.25) is 0 Å². The fourth-order valence-corrected chi connectivity index (χ4v) is 2.16. The maximum atomic E-state index is 12.2. The fraction of sp³-hybridized carbons (Fsp3) is 0.688. The number of allylic oxidation sites excluding steroid dienone is 1.